The fourth-order valence-electron chi connectivity index (χ4n) is 2.15. The molecule has 2 aromatic rings. The van der Waals surface area contributed by atoms with E-state index in [9.17, 15) is 9.59 Å². The first-order valence-electron chi connectivity index (χ1n) is 8.39. The number of ether oxygens (including phenoxy) is 2. The molecule has 0 bridgehead atoms. The molecule has 0 spiro atoms. The molecule has 1 N–H and O–H groups in total. The molecule has 5 nitrogen and oxygen atoms in total. The zero-order valence-corrected chi connectivity index (χ0v) is 15.8. The van der Waals surface area contributed by atoms with Gasteiger partial charge in [-0.2, -0.15) is 0 Å². The van der Waals surface area contributed by atoms with Gasteiger partial charge in [-0.15, -0.1) is 0 Å². The average Bonchev–Trinajstić information content (AvgIpc) is 2.62. The molecule has 1 atom stereocenters. The smallest absolute Gasteiger partial charge is 0.344 e. The van der Waals surface area contributed by atoms with Crippen LogP contribution in [0, 0.1) is 6.92 Å². The van der Waals surface area contributed by atoms with Gasteiger partial charge in [-0.3, -0.25) is 4.79 Å². The number of carbonyl (C=O) groups is 2. The highest BCUT2D eigenvalue weighted by Gasteiger charge is 2.10. The summed E-state index contributed by atoms with van der Waals surface area (Å²) in [6, 6.07) is 11.8. The SMILES string of the molecule is CC[C@@H](C)OC(=O)COc1ccc(C(=O)Nc2ccc(Cl)cc2C)cc1. The second kappa shape index (κ2) is 9.25. The molecule has 0 aliphatic heterocycles. The summed E-state index contributed by atoms with van der Waals surface area (Å²) in [6.07, 6.45) is 0.622. The Hall–Kier alpha value is -2.53. The van der Waals surface area contributed by atoms with Gasteiger partial charge >= 0.3 is 5.97 Å². The van der Waals surface area contributed by atoms with E-state index in [2.05, 4.69) is 5.32 Å². The highest BCUT2D eigenvalue weighted by atomic mass is 35.5. The van der Waals surface area contributed by atoms with Crippen LogP contribution >= 0.6 is 11.6 Å². The second-order valence-electron chi connectivity index (χ2n) is 5.94. The van der Waals surface area contributed by atoms with Gasteiger partial charge in [0.05, 0.1) is 6.10 Å². The van der Waals surface area contributed by atoms with E-state index in [1.807, 2.05) is 20.8 Å². The summed E-state index contributed by atoms with van der Waals surface area (Å²) in [4.78, 5) is 23.9. The molecule has 0 aromatic heterocycles. The second-order valence-corrected chi connectivity index (χ2v) is 6.37. The number of halogens is 1. The van der Waals surface area contributed by atoms with Crippen molar-refractivity contribution in [3.05, 3.63) is 58.6 Å². The third-order valence-electron chi connectivity index (χ3n) is 3.82. The van der Waals surface area contributed by atoms with Crippen molar-refractivity contribution in [1.29, 1.82) is 0 Å². The molecule has 0 saturated heterocycles. The van der Waals surface area contributed by atoms with E-state index in [1.165, 1.54) is 0 Å². The van der Waals surface area contributed by atoms with E-state index in [1.54, 1.807) is 42.5 Å². The van der Waals surface area contributed by atoms with Gasteiger partial charge in [0, 0.05) is 16.3 Å². The summed E-state index contributed by atoms with van der Waals surface area (Å²) in [5.41, 5.74) is 2.06. The van der Waals surface area contributed by atoms with Crippen molar-refractivity contribution in [1.82, 2.24) is 0 Å². The van der Waals surface area contributed by atoms with Crippen molar-refractivity contribution in [2.24, 2.45) is 0 Å². The van der Waals surface area contributed by atoms with Crippen LogP contribution in [0.3, 0.4) is 0 Å². The zero-order chi connectivity index (χ0) is 19.1. The van der Waals surface area contributed by atoms with E-state index >= 15 is 0 Å². The maximum absolute atomic E-state index is 12.3. The van der Waals surface area contributed by atoms with Crippen molar-refractivity contribution in [2.45, 2.75) is 33.3 Å². The summed E-state index contributed by atoms with van der Waals surface area (Å²) in [7, 11) is 0. The number of hydrogen-bond acceptors (Lipinski definition) is 4. The number of aryl methyl sites for hydroxylation is 1. The number of amides is 1. The molecule has 0 radical (unpaired) electrons. The minimum atomic E-state index is -0.417. The third-order valence-corrected chi connectivity index (χ3v) is 4.05. The van der Waals surface area contributed by atoms with Crippen LogP contribution in [-0.2, 0) is 9.53 Å². The van der Waals surface area contributed by atoms with Gasteiger partial charge < -0.3 is 14.8 Å². The van der Waals surface area contributed by atoms with E-state index in [0.717, 1.165) is 12.0 Å². The van der Waals surface area contributed by atoms with Crippen LogP contribution in [0.15, 0.2) is 42.5 Å². The quantitative estimate of drug-likeness (QED) is 0.717. The van der Waals surface area contributed by atoms with Gasteiger partial charge in [0.1, 0.15) is 5.75 Å². The number of benzene rings is 2. The number of nitrogens with one attached hydrogen (secondary N) is 1. The van der Waals surface area contributed by atoms with E-state index in [4.69, 9.17) is 21.1 Å². The first-order chi connectivity index (χ1) is 12.4. The first kappa shape index (κ1) is 19.8. The molecule has 0 unspecified atom stereocenters. The van der Waals surface area contributed by atoms with Crippen molar-refractivity contribution >= 4 is 29.2 Å². The number of anilines is 1. The van der Waals surface area contributed by atoms with Gasteiger partial charge in [-0.05, 0) is 68.3 Å². The summed E-state index contributed by atoms with van der Waals surface area (Å²) in [6.45, 7) is 5.47. The van der Waals surface area contributed by atoms with Crippen LogP contribution in [0.1, 0.15) is 36.2 Å². The maximum Gasteiger partial charge on any atom is 0.344 e. The minimum Gasteiger partial charge on any atom is -0.482 e. The molecule has 26 heavy (non-hydrogen) atoms. The lowest BCUT2D eigenvalue weighted by Gasteiger charge is -2.12. The van der Waals surface area contributed by atoms with Gasteiger partial charge in [0.25, 0.3) is 5.91 Å². The van der Waals surface area contributed by atoms with Crippen molar-refractivity contribution < 1.29 is 19.1 Å². The maximum atomic E-state index is 12.3. The van der Waals surface area contributed by atoms with Crippen LogP contribution < -0.4 is 10.1 Å². The third kappa shape index (κ3) is 5.77. The number of hydrogen-bond donors (Lipinski definition) is 1. The Labute approximate surface area is 158 Å². The van der Waals surface area contributed by atoms with Gasteiger partial charge in [-0.25, -0.2) is 4.79 Å². The lowest BCUT2D eigenvalue weighted by Crippen LogP contribution is -2.20. The molecule has 6 heteroatoms. The van der Waals surface area contributed by atoms with Crippen LogP contribution in [0.5, 0.6) is 5.75 Å². The molecular weight excluding hydrogens is 354 g/mol. The summed E-state index contributed by atoms with van der Waals surface area (Å²) >= 11 is 5.92. The molecule has 0 aliphatic carbocycles. The average molecular weight is 376 g/mol. The van der Waals surface area contributed by atoms with Gasteiger partial charge in [0.2, 0.25) is 0 Å². The molecule has 2 aromatic carbocycles. The number of carbonyl (C=O) groups excluding carboxylic acids is 2. The van der Waals surface area contributed by atoms with Crippen LogP contribution in [-0.4, -0.2) is 24.6 Å². The number of rotatable bonds is 7. The minimum absolute atomic E-state index is 0.131. The fraction of sp³-hybridized carbons (Fsp3) is 0.300. The lowest BCUT2D eigenvalue weighted by atomic mass is 10.1. The van der Waals surface area contributed by atoms with Gasteiger partial charge in [-0.1, -0.05) is 18.5 Å². The largest absolute Gasteiger partial charge is 0.482 e. The van der Waals surface area contributed by atoms with Crippen molar-refractivity contribution in [2.75, 3.05) is 11.9 Å². The highest BCUT2D eigenvalue weighted by molar-refractivity contribution is 6.30. The Balaban J connectivity index is 1.92. The summed E-state index contributed by atoms with van der Waals surface area (Å²) in [5, 5.41) is 3.46. The standard InChI is InChI=1S/C20H22ClNO4/c1-4-14(3)26-19(23)12-25-17-8-5-15(6-9-17)20(24)22-18-10-7-16(21)11-13(18)2/h5-11,14H,4,12H2,1-3H3,(H,22,24)/t14-/m1/s1. The highest BCUT2D eigenvalue weighted by Crippen LogP contribution is 2.21. The van der Waals surface area contributed by atoms with E-state index in [-0.39, 0.29) is 18.6 Å². The Kier molecular flexibility index (Phi) is 7.04. The van der Waals surface area contributed by atoms with Crippen LogP contribution in [0.4, 0.5) is 5.69 Å². The van der Waals surface area contributed by atoms with E-state index in [0.29, 0.717) is 22.0 Å². The molecule has 0 saturated carbocycles. The van der Waals surface area contributed by atoms with Gasteiger partial charge in [0.15, 0.2) is 6.61 Å². The molecule has 138 valence electrons. The molecule has 0 aliphatic rings. The Bertz CT molecular complexity index is 774. The Morgan fingerprint density at radius 3 is 2.46 bits per heavy atom. The van der Waals surface area contributed by atoms with Crippen LogP contribution in [0.25, 0.3) is 0 Å². The van der Waals surface area contributed by atoms with Crippen molar-refractivity contribution in [3.63, 3.8) is 0 Å². The predicted molar refractivity (Wildman–Crippen MR) is 102 cm³/mol. The molecular formula is C20H22ClNO4. The molecule has 0 heterocycles. The van der Waals surface area contributed by atoms with Crippen molar-refractivity contribution in [3.8, 4) is 5.75 Å². The predicted octanol–water partition coefficient (Wildman–Crippen LogP) is 4.62. The monoisotopic (exact) mass is 375 g/mol. The molecule has 0 fully saturated rings. The van der Waals surface area contributed by atoms with Crippen LogP contribution in [0.2, 0.25) is 5.02 Å². The van der Waals surface area contributed by atoms with E-state index < -0.39 is 5.97 Å². The fourth-order valence-corrected chi connectivity index (χ4v) is 2.38. The summed E-state index contributed by atoms with van der Waals surface area (Å²) < 4.78 is 10.5. The Morgan fingerprint density at radius 1 is 1.15 bits per heavy atom. The first-order valence-corrected chi connectivity index (χ1v) is 8.76. The molecule has 1 amide bonds. The summed E-state index contributed by atoms with van der Waals surface area (Å²) in [5.74, 6) is -0.164. The Morgan fingerprint density at radius 2 is 1.85 bits per heavy atom. The number of esters is 1. The lowest BCUT2D eigenvalue weighted by molar-refractivity contribution is -0.150. The normalized spacial score (nSPS) is 11.5. The zero-order valence-electron chi connectivity index (χ0n) is 15.0. The molecule has 2 rings (SSSR count). The topological polar surface area (TPSA) is 64.6 Å².